The largest absolute Gasteiger partial charge is 0.461 e. The molecule has 0 radical (unpaired) electrons. The fourth-order valence-corrected chi connectivity index (χ4v) is 3.79. The smallest absolute Gasteiger partial charge is 0.356 e. The molecule has 0 aromatic rings. The van der Waals surface area contributed by atoms with Gasteiger partial charge in [0, 0.05) is 23.6 Å². The van der Waals surface area contributed by atoms with Gasteiger partial charge in [-0.05, 0) is 27.2 Å². The minimum Gasteiger partial charge on any atom is -0.461 e. The molecule has 0 saturated carbocycles. The molecule has 0 fully saturated rings. The summed E-state index contributed by atoms with van der Waals surface area (Å²) in [6, 6.07) is 0. The van der Waals surface area contributed by atoms with Gasteiger partial charge in [0.15, 0.2) is 0 Å². The van der Waals surface area contributed by atoms with Crippen LogP contribution in [-0.2, 0) is 14.3 Å². The predicted molar refractivity (Wildman–Crippen MR) is 106 cm³/mol. The molecule has 2 aliphatic heterocycles. The molecule has 0 spiro atoms. The summed E-state index contributed by atoms with van der Waals surface area (Å²) < 4.78 is 11.2. The highest BCUT2D eigenvalue weighted by Crippen LogP contribution is 2.42. The average molecular weight is 383 g/mol. The Labute approximate surface area is 159 Å². The van der Waals surface area contributed by atoms with E-state index in [0.717, 1.165) is 29.0 Å². The van der Waals surface area contributed by atoms with E-state index in [1.165, 1.54) is 11.8 Å². The van der Waals surface area contributed by atoms with E-state index in [1.54, 1.807) is 6.92 Å². The van der Waals surface area contributed by atoms with Crippen LogP contribution in [0.25, 0.3) is 0 Å². The monoisotopic (exact) mass is 382 g/mol. The van der Waals surface area contributed by atoms with Gasteiger partial charge in [0.2, 0.25) is 0 Å². The highest BCUT2D eigenvalue weighted by atomic mass is 32.2. The first-order valence-electron chi connectivity index (χ1n) is 8.44. The number of hydrogen-bond acceptors (Lipinski definition) is 6. The van der Waals surface area contributed by atoms with Crippen molar-refractivity contribution in [3.05, 3.63) is 33.4 Å². The van der Waals surface area contributed by atoms with Gasteiger partial charge in [-0.15, -0.1) is 0 Å². The second-order valence-electron chi connectivity index (χ2n) is 6.46. The van der Waals surface area contributed by atoms with Crippen LogP contribution in [0.15, 0.2) is 33.4 Å². The Balaban J connectivity index is 2.27. The molecule has 5 nitrogen and oxygen atoms in total. The van der Waals surface area contributed by atoms with Crippen LogP contribution in [0, 0.1) is 0 Å². The Bertz CT molecular complexity index is 655. The second kappa shape index (κ2) is 8.38. The van der Waals surface area contributed by atoms with Gasteiger partial charge < -0.3 is 20.1 Å². The summed E-state index contributed by atoms with van der Waals surface area (Å²) in [5.41, 5.74) is 2.18. The predicted octanol–water partition coefficient (Wildman–Crippen LogP) is 3.39. The maximum Gasteiger partial charge on any atom is 0.356 e. The molecular formula is C18H26N2O3S2. The molecule has 2 rings (SSSR count). The lowest BCUT2D eigenvalue weighted by atomic mass is 9.94. The van der Waals surface area contributed by atoms with Crippen molar-refractivity contribution >= 4 is 34.9 Å². The summed E-state index contributed by atoms with van der Waals surface area (Å²) in [6.45, 7) is 13.2. The average Bonchev–Trinajstić information content (AvgIpc) is 2.58. The Morgan fingerprint density at radius 2 is 2.24 bits per heavy atom. The van der Waals surface area contributed by atoms with Crippen LogP contribution >= 0.6 is 24.0 Å². The van der Waals surface area contributed by atoms with Gasteiger partial charge in [-0.2, -0.15) is 0 Å². The fourth-order valence-electron chi connectivity index (χ4n) is 2.48. The molecule has 0 bridgehead atoms. The number of rotatable bonds is 6. The van der Waals surface area contributed by atoms with Crippen molar-refractivity contribution in [2.45, 2.75) is 46.1 Å². The van der Waals surface area contributed by atoms with Gasteiger partial charge >= 0.3 is 5.97 Å². The van der Waals surface area contributed by atoms with E-state index in [1.807, 2.05) is 6.92 Å². The lowest BCUT2D eigenvalue weighted by molar-refractivity contribution is -0.138. The van der Waals surface area contributed by atoms with Crippen LogP contribution in [0.4, 0.5) is 0 Å². The third-order valence-electron chi connectivity index (χ3n) is 4.15. The van der Waals surface area contributed by atoms with Crippen LogP contribution in [-0.4, -0.2) is 36.3 Å². The molecule has 0 aliphatic carbocycles. The number of carbonyl (C=O) groups is 1. The van der Waals surface area contributed by atoms with E-state index in [0.29, 0.717) is 35.3 Å². The van der Waals surface area contributed by atoms with Crippen molar-refractivity contribution in [1.29, 1.82) is 0 Å². The van der Waals surface area contributed by atoms with Crippen molar-refractivity contribution in [1.82, 2.24) is 10.6 Å². The number of thioether (sulfide) groups is 1. The highest BCUT2D eigenvalue weighted by molar-refractivity contribution is 8.08. The maximum absolute atomic E-state index is 12.4. The molecule has 0 saturated heterocycles. The molecule has 1 unspecified atom stereocenters. The molecule has 0 aromatic carbocycles. The third-order valence-corrected chi connectivity index (χ3v) is 5.85. The van der Waals surface area contributed by atoms with E-state index in [9.17, 15) is 4.79 Å². The maximum atomic E-state index is 12.4. The molecule has 0 aromatic heterocycles. The number of ether oxygens (including phenoxy) is 2. The fraction of sp³-hybridized carbons (Fsp3) is 0.556. The van der Waals surface area contributed by atoms with E-state index >= 15 is 0 Å². The Morgan fingerprint density at radius 1 is 1.52 bits per heavy atom. The first kappa shape index (κ1) is 20.0. The van der Waals surface area contributed by atoms with Gasteiger partial charge in [0.1, 0.15) is 10.7 Å². The topological polar surface area (TPSA) is 59.6 Å². The minimum atomic E-state index is -0.388. The van der Waals surface area contributed by atoms with E-state index < -0.39 is 0 Å². The summed E-state index contributed by atoms with van der Waals surface area (Å²) in [7, 11) is 0. The molecule has 2 heterocycles. The number of carbonyl (C=O) groups excluding carboxylic acids is 1. The van der Waals surface area contributed by atoms with Crippen LogP contribution in [0.1, 0.15) is 40.5 Å². The first-order valence-corrected chi connectivity index (χ1v) is 9.67. The Hall–Kier alpha value is -1.31. The zero-order valence-corrected chi connectivity index (χ0v) is 16.9. The van der Waals surface area contributed by atoms with E-state index in [2.05, 4.69) is 31.1 Å². The number of esters is 1. The second-order valence-corrected chi connectivity index (χ2v) is 7.98. The zero-order chi connectivity index (χ0) is 18.6. The standard InChI is InChI=1S/C18H26N2O3S2/c1-6-18(5)8-12-13(10-23-18)25-15(16(24)19-9-11(3)4)14(20-12)17(21)22-7-2/h20H,3,6-10H2,1-2,4-5H3,(H,19,24). The summed E-state index contributed by atoms with van der Waals surface area (Å²) in [5.74, 6) is -0.388. The van der Waals surface area contributed by atoms with Gasteiger partial charge in [-0.3, -0.25) is 0 Å². The number of nitrogens with one attached hydrogen (secondary N) is 2. The van der Waals surface area contributed by atoms with E-state index in [4.69, 9.17) is 21.7 Å². The number of hydrogen-bond donors (Lipinski definition) is 2. The van der Waals surface area contributed by atoms with Crippen LogP contribution in [0.5, 0.6) is 0 Å². The molecule has 7 heteroatoms. The molecule has 138 valence electrons. The Kier molecular flexibility index (Phi) is 6.71. The molecule has 2 N–H and O–H groups in total. The molecule has 0 amide bonds. The number of thiocarbonyl (C=S) groups is 1. The Morgan fingerprint density at radius 3 is 2.84 bits per heavy atom. The molecule has 25 heavy (non-hydrogen) atoms. The van der Waals surface area contributed by atoms with Crippen molar-refractivity contribution in [2.24, 2.45) is 0 Å². The van der Waals surface area contributed by atoms with Crippen molar-refractivity contribution in [3.63, 3.8) is 0 Å². The summed E-state index contributed by atoms with van der Waals surface area (Å²) >= 11 is 6.98. The van der Waals surface area contributed by atoms with Crippen molar-refractivity contribution < 1.29 is 14.3 Å². The van der Waals surface area contributed by atoms with Crippen molar-refractivity contribution in [3.8, 4) is 0 Å². The van der Waals surface area contributed by atoms with Gasteiger partial charge in [-0.1, -0.05) is 43.1 Å². The SMILES string of the molecule is C=C(C)CNC(=S)C1=C(C(=O)OCC)NC2=C(COC(C)(CC)C2)S1. The summed E-state index contributed by atoms with van der Waals surface area (Å²) in [6.07, 6.45) is 1.63. The van der Waals surface area contributed by atoms with E-state index in [-0.39, 0.29) is 11.6 Å². The molecule has 2 aliphatic rings. The highest BCUT2D eigenvalue weighted by Gasteiger charge is 2.36. The third kappa shape index (κ3) is 4.86. The van der Waals surface area contributed by atoms with Gasteiger partial charge in [0.05, 0.1) is 23.7 Å². The molecular weight excluding hydrogens is 356 g/mol. The normalized spacial score (nSPS) is 22.9. The summed E-state index contributed by atoms with van der Waals surface area (Å²) in [5, 5.41) is 6.43. The minimum absolute atomic E-state index is 0.220. The van der Waals surface area contributed by atoms with Gasteiger partial charge in [-0.25, -0.2) is 4.79 Å². The summed E-state index contributed by atoms with van der Waals surface area (Å²) in [4.78, 5) is 14.7. The van der Waals surface area contributed by atoms with Crippen LogP contribution in [0.3, 0.4) is 0 Å². The quantitative estimate of drug-likeness (QED) is 0.415. The molecule has 1 atom stereocenters. The zero-order valence-electron chi connectivity index (χ0n) is 15.3. The van der Waals surface area contributed by atoms with Crippen LogP contribution in [0.2, 0.25) is 0 Å². The van der Waals surface area contributed by atoms with Crippen molar-refractivity contribution in [2.75, 3.05) is 19.8 Å². The van der Waals surface area contributed by atoms with Crippen LogP contribution < -0.4 is 10.6 Å². The first-order chi connectivity index (χ1) is 11.8. The lowest BCUT2D eigenvalue weighted by Gasteiger charge is -2.38. The van der Waals surface area contributed by atoms with Gasteiger partial charge in [0.25, 0.3) is 0 Å². The lowest BCUT2D eigenvalue weighted by Crippen LogP contribution is -2.40.